The van der Waals surface area contributed by atoms with Crippen LogP contribution < -0.4 is 4.74 Å². The molecular weight excluding hydrogens is 363 g/mol. The Morgan fingerprint density at radius 3 is 2.75 bits per heavy atom. The number of rotatable bonds is 4. The van der Waals surface area contributed by atoms with E-state index in [1.54, 1.807) is 21.7 Å². The van der Waals surface area contributed by atoms with Gasteiger partial charge in [0.05, 0.1) is 37.0 Å². The molecule has 3 aromatic rings. The van der Waals surface area contributed by atoms with Crippen molar-refractivity contribution in [1.82, 2.24) is 19.4 Å². The van der Waals surface area contributed by atoms with Crippen molar-refractivity contribution in [3.05, 3.63) is 42.1 Å². The molecule has 28 heavy (non-hydrogen) atoms. The summed E-state index contributed by atoms with van der Waals surface area (Å²) in [6.07, 6.45) is 4.66. The van der Waals surface area contributed by atoms with Gasteiger partial charge in [-0.15, -0.1) is 0 Å². The topological polar surface area (TPSA) is 80.5 Å². The third-order valence-electron chi connectivity index (χ3n) is 5.48. The smallest absolute Gasteiger partial charge is 0.271 e. The number of hydrogen-bond acceptors (Lipinski definition) is 5. The van der Waals surface area contributed by atoms with Crippen LogP contribution in [0.4, 0.5) is 4.39 Å². The van der Waals surface area contributed by atoms with Crippen molar-refractivity contribution in [3.63, 3.8) is 0 Å². The molecule has 0 spiro atoms. The van der Waals surface area contributed by atoms with Crippen LogP contribution in [0.1, 0.15) is 23.3 Å². The number of methoxy groups -OCH3 is 1. The molecule has 3 aromatic heterocycles. The highest BCUT2D eigenvalue weighted by molar-refractivity contribution is 6.09. The van der Waals surface area contributed by atoms with E-state index in [0.29, 0.717) is 40.3 Å². The molecule has 1 N–H and O–H groups in total. The maximum absolute atomic E-state index is 14.0. The lowest BCUT2D eigenvalue weighted by Gasteiger charge is -2.36. The van der Waals surface area contributed by atoms with Crippen molar-refractivity contribution in [3.8, 4) is 17.0 Å². The standard InChI is InChI=1S/C20H19FN4O3/c1-28-16-5-2-11(7-22-16)17-18-15(6-12(21)8-23-18)24-9-14(10-26)25(13-3-4-13)20(27)19(17)24/h2,5-8,13-14,26H,3-4,9-10H2,1H3. The highest BCUT2D eigenvalue weighted by Crippen LogP contribution is 2.40. The zero-order chi connectivity index (χ0) is 19.4. The first kappa shape index (κ1) is 17.1. The molecule has 1 amide bonds. The van der Waals surface area contributed by atoms with Gasteiger partial charge in [-0.05, 0) is 18.9 Å². The fourth-order valence-corrected chi connectivity index (χ4v) is 4.08. The Kier molecular flexibility index (Phi) is 3.83. The largest absolute Gasteiger partial charge is 0.481 e. The number of aromatic nitrogens is 3. The lowest BCUT2D eigenvalue weighted by Crippen LogP contribution is -2.50. The average Bonchev–Trinajstić information content (AvgIpc) is 3.50. The van der Waals surface area contributed by atoms with Gasteiger partial charge in [-0.1, -0.05) is 0 Å². The molecule has 1 aliphatic carbocycles. The first-order valence-corrected chi connectivity index (χ1v) is 9.24. The first-order chi connectivity index (χ1) is 13.6. The second-order valence-electron chi connectivity index (χ2n) is 7.22. The highest BCUT2D eigenvalue weighted by Gasteiger charge is 2.43. The van der Waals surface area contributed by atoms with E-state index in [4.69, 9.17) is 4.74 Å². The number of halogens is 1. The van der Waals surface area contributed by atoms with Gasteiger partial charge in [-0.2, -0.15) is 0 Å². The molecule has 2 aliphatic rings. The van der Waals surface area contributed by atoms with E-state index in [9.17, 15) is 14.3 Å². The highest BCUT2D eigenvalue weighted by atomic mass is 19.1. The molecule has 5 rings (SSSR count). The number of ether oxygens (including phenoxy) is 1. The molecule has 1 saturated carbocycles. The van der Waals surface area contributed by atoms with Crippen LogP contribution in [0.2, 0.25) is 0 Å². The van der Waals surface area contributed by atoms with E-state index >= 15 is 0 Å². The Morgan fingerprint density at radius 1 is 1.29 bits per heavy atom. The van der Waals surface area contributed by atoms with Gasteiger partial charge in [0.15, 0.2) is 0 Å². The molecule has 1 aliphatic heterocycles. The van der Waals surface area contributed by atoms with Crippen LogP contribution in [0, 0.1) is 5.82 Å². The minimum Gasteiger partial charge on any atom is -0.481 e. The molecule has 1 unspecified atom stereocenters. The van der Waals surface area contributed by atoms with Crippen molar-refractivity contribution < 1.29 is 19.0 Å². The van der Waals surface area contributed by atoms with Crippen LogP contribution in [0.25, 0.3) is 22.2 Å². The van der Waals surface area contributed by atoms with Gasteiger partial charge in [-0.25, -0.2) is 9.37 Å². The van der Waals surface area contributed by atoms with Crippen LogP contribution in [-0.4, -0.2) is 56.2 Å². The molecule has 8 heteroatoms. The van der Waals surface area contributed by atoms with E-state index in [1.165, 1.54) is 13.2 Å². The van der Waals surface area contributed by atoms with E-state index < -0.39 is 5.82 Å². The average molecular weight is 382 g/mol. The van der Waals surface area contributed by atoms with Crippen LogP contribution in [0.5, 0.6) is 5.88 Å². The number of pyridine rings is 2. The number of aliphatic hydroxyl groups is 1. The van der Waals surface area contributed by atoms with Crippen molar-refractivity contribution >= 4 is 16.9 Å². The Labute approximate surface area is 160 Å². The number of amides is 1. The summed E-state index contributed by atoms with van der Waals surface area (Å²) >= 11 is 0. The number of carbonyl (C=O) groups excluding carboxylic acids is 1. The zero-order valence-electron chi connectivity index (χ0n) is 15.3. The number of aliphatic hydroxyl groups excluding tert-OH is 1. The summed E-state index contributed by atoms with van der Waals surface area (Å²) in [6.45, 7) is 0.267. The van der Waals surface area contributed by atoms with Crippen molar-refractivity contribution in [2.75, 3.05) is 13.7 Å². The summed E-state index contributed by atoms with van der Waals surface area (Å²) < 4.78 is 20.9. The second kappa shape index (κ2) is 6.27. The van der Waals surface area contributed by atoms with E-state index in [1.807, 2.05) is 6.07 Å². The van der Waals surface area contributed by atoms with Crippen LogP contribution in [0.3, 0.4) is 0 Å². The maximum atomic E-state index is 14.0. The van der Waals surface area contributed by atoms with E-state index in [-0.39, 0.29) is 24.6 Å². The SMILES string of the molecule is COc1ccc(-c2c3n(c4cc(F)cnc24)CC(CO)N(C2CC2)C3=O)cn1. The van der Waals surface area contributed by atoms with Crippen molar-refractivity contribution in [1.29, 1.82) is 0 Å². The third kappa shape index (κ3) is 2.48. The zero-order valence-corrected chi connectivity index (χ0v) is 15.3. The van der Waals surface area contributed by atoms with Gasteiger partial charge in [0.2, 0.25) is 5.88 Å². The van der Waals surface area contributed by atoms with Crippen molar-refractivity contribution in [2.45, 2.75) is 31.5 Å². The summed E-state index contributed by atoms with van der Waals surface area (Å²) in [7, 11) is 1.54. The number of nitrogens with zero attached hydrogens (tertiary/aromatic N) is 4. The molecule has 1 atom stereocenters. The fraction of sp³-hybridized carbons (Fsp3) is 0.350. The lowest BCUT2D eigenvalue weighted by molar-refractivity contribution is 0.0466. The van der Waals surface area contributed by atoms with E-state index in [0.717, 1.165) is 19.0 Å². The van der Waals surface area contributed by atoms with Crippen LogP contribution >= 0.6 is 0 Å². The summed E-state index contributed by atoms with van der Waals surface area (Å²) in [6, 6.07) is 4.76. The molecular formula is C20H19FN4O3. The Morgan fingerprint density at radius 2 is 2.11 bits per heavy atom. The predicted octanol–water partition coefficient (Wildman–Crippen LogP) is 2.23. The Balaban J connectivity index is 1.77. The minimum absolute atomic E-state index is 0.135. The first-order valence-electron chi connectivity index (χ1n) is 9.24. The molecule has 0 bridgehead atoms. The molecule has 0 aromatic carbocycles. The van der Waals surface area contributed by atoms with Crippen LogP contribution in [-0.2, 0) is 6.54 Å². The molecule has 144 valence electrons. The fourth-order valence-electron chi connectivity index (χ4n) is 4.08. The molecule has 4 heterocycles. The number of carbonyl (C=O) groups is 1. The molecule has 0 radical (unpaired) electrons. The van der Waals surface area contributed by atoms with Gasteiger partial charge in [0.25, 0.3) is 5.91 Å². The van der Waals surface area contributed by atoms with E-state index in [2.05, 4.69) is 9.97 Å². The van der Waals surface area contributed by atoms with Gasteiger partial charge in [0, 0.05) is 42.0 Å². The van der Waals surface area contributed by atoms with Gasteiger partial charge < -0.3 is 19.3 Å². The quantitative estimate of drug-likeness (QED) is 0.748. The number of hydrogen-bond donors (Lipinski definition) is 1. The lowest BCUT2D eigenvalue weighted by atomic mass is 10.0. The van der Waals surface area contributed by atoms with Crippen molar-refractivity contribution in [2.24, 2.45) is 0 Å². The van der Waals surface area contributed by atoms with Gasteiger partial charge >= 0.3 is 0 Å². The normalized spacial score (nSPS) is 19.2. The Bertz CT molecular complexity index is 1080. The monoisotopic (exact) mass is 382 g/mol. The molecule has 7 nitrogen and oxygen atoms in total. The predicted molar refractivity (Wildman–Crippen MR) is 99.5 cm³/mol. The molecule has 1 fully saturated rings. The minimum atomic E-state index is -0.468. The van der Waals surface area contributed by atoms with Gasteiger partial charge in [-0.3, -0.25) is 9.78 Å². The summed E-state index contributed by atoms with van der Waals surface area (Å²) in [5.41, 5.74) is 2.91. The summed E-state index contributed by atoms with van der Waals surface area (Å²) in [5.74, 6) is -0.159. The third-order valence-corrected chi connectivity index (χ3v) is 5.48. The van der Waals surface area contributed by atoms with Crippen LogP contribution in [0.15, 0.2) is 30.6 Å². The Hall–Kier alpha value is -3.00. The second-order valence-corrected chi connectivity index (χ2v) is 7.22. The summed E-state index contributed by atoms with van der Waals surface area (Å²) in [4.78, 5) is 23.8. The number of fused-ring (bicyclic) bond motifs is 3. The molecule has 0 saturated heterocycles. The summed E-state index contributed by atoms with van der Waals surface area (Å²) in [5, 5.41) is 9.87. The van der Waals surface area contributed by atoms with Gasteiger partial charge in [0.1, 0.15) is 11.5 Å². The maximum Gasteiger partial charge on any atom is 0.271 e.